The molecule has 0 unspecified atom stereocenters. The molecule has 3 nitrogen and oxygen atoms in total. The van der Waals surface area contributed by atoms with Crippen LogP contribution in [0.1, 0.15) is 30.1 Å². The minimum atomic E-state index is -0.441. The molecule has 2 N–H and O–H groups in total. The third-order valence-corrected chi connectivity index (χ3v) is 4.09. The molecule has 0 bridgehead atoms. The molecule has 1 saturated heterocycles. The van der Waals surface area contributed by atoms with Crippen molar-refractivity contribution in [3.05, 3.63) is 34.6 Å². The maximum Gasteiger partial charge on any atom is 0.255 e. The second-order valence-electron chi connectivity index (χ2n) is 5.05. The number of nitrogens with zero attached hydrogens (tertiary/aromatic N) is 1. The number of nitrogens with two attached hydrogens (primary N) is 1. The molecule has 1 fully saturated rings. The molecule has 1 heterocycles. The molecule has 0 aromatic heterocycles. The maximum absolute atomic E-state index is 13.0. The van der Waals surface area contributed by atoms with Gasteiger partial charge in [0, 0.05) is 19.1 Å². The minimum absolute atomic E-state index is 0.0300. The van der Waals surface area contributed by atoms with Crippen molar-refractivity contribution >= 4 is 17.5 Å². The molecule has 5 heteroatoms. The highest BCUT2D eigenvalue weighted by atomic mass is 35.5. The Morgan fingerprint density at radius 2 is 2.32 bits per heavy atom. The second kappa shape index (κ2) is 5.88. The first-order valence-corrected chi connectivity index (χ1v) is 6.88. The SMILES string of the molecule is C[C@H]1CCCN(C(=O)c2ccc(F)cc2Cl)[C@H]1CN. The van der Waals surface area contributed by atoms with E-state index in [-0.39, 0.29) is 17.0 Å². The molecule has 1 amide bonds. The van der Waals surface area contributed by atoms with E-state index in [2.05, 4.69) is 6.92 Å². The third-order valence-electron chi connectivity index (χ3n) is 3.78. The van der Waals surface area contributed by atoms with Gasteiger partial charge in [0.25, 0.3) is 5.91 Å². The van der Waals surface area contributed by atoms with Gasteiger partial charge in [0.05, 0.1) is 10.6 Å². The molecule has 2 rings (SSSR count). The van der Waals surface area contributed by atoms with E-state index >= 15 is 0 Å². The van der Waals surface area contributed by atoms with Crippen molar-refractivity contribution in [1.82, 2.24) is 4.90 Å². The number of piperidine rings is 1. The lowest BCUT2D eigenvalue weighted by atomic mass is 9.90. The summed E-state index contributed by atoms with van der Waals surface area (Å²) in [5.74, 6) is -0.224. The molecule has 1 aliphatic heterocycles. The number of hydrogen-bond acceptors (Lipinski definition) is 2. The van der Waals surface area contributed by atoms with Crippen molar-refractivity contribution in [2.24, 2.45) is 11.7 Å². The van der Waals surface area contributed by atoms with Gasteiger partial charge in [0.15, 0.2) is 0 Å². The Morgan fingerprint density at radius 1 is 1.58 bits per heavy atom. The summed E-state index contributed by atoms with van der Waals surface area (Å²) < 4.78 is 13.0. The lowest BCUT2D eigenvalue weighted by molar-refractivity contribution is 0.0532. The van der Waals surface area contributed by atoms with Gasteiger partial charge >= 0.3 is 0 Å². The quantitative estimate of drug-likeness (QED) is 0.907. The first-order valence-electron chi connectivity index (χ1n) is 6.50. The Hall–Kier alpha value is -1.13. The van der Waals surface area contributed by atoms with E-state index in [0.29, 0.717) is 24.6 Å². The van der Waals surface area contributed by atoms with E-state index in [4.69, 9.17) is 17.3 Å². The fourth-order valence-electron chi connectivity index (χ4n) is 2.68. The summed E-state index contributed by atoms with van der Waals surface area (Å²) in [4.78, 5) is 14.3. The van der Waals surface area contributed by atoms with Gasteiger partial charge in [-0.3, -0.25) is 4.79 Å². The highest BCUT2D eigenvalue weighted by Crippen LogP contribution is 2.26. The van der Waals surface area contributed by atoms with Crippen LogP contribution in [0.3, 0.4) is 0 Å². The third kappa shape index (κ3) is 2.90. The van der Waals surface area contributed by atoms with E-state index in [1.165, 1.54) is 18.2 Å². The molecule has 1 aliphatic rings. The van der Waals surface area contributed by atoms with Gasteiger partial charge in [0.2, 0.25) is 0 Å². The van der Waals surface area contributed by atoms with E-state index < -0.39 is 5.82 Å². The monoisotopic (exact) mass is 284 g/mol. The summed E-state index contributed by atoms with van der Waals surface area (Å²) in [6, 6.07) is 3.89. The van der Waals surface area contributed by atoms with Crippen LogP contribution in [0, 0.1) is 11.7 Å². The molecule has 0 saturated carbocycles. The number of benzene rings is 1. The number of carbonyl (C=O) groups excluding carboxylic acids is 1. The van der Waals surface area contributed by atoms with Crippen molar-refractivity contribution in [2.75, 3.05) is 13.1 Å². The summed E-state index contributed by atoms with van der Waals surface area (Å²) in [6.45, 7) is 3.22. The maximum atomic E-state index is 13.0. The summed E-state index contributed by atoms with van der Waals surface area (Å²) >= 11 is 5.95. The van der Waals surface area contributed by atoms with Crippen LogP contribution in [0.25, 0.3) is 0 Å². The molecule has 0 spiro atoms. The van der Waals surface area contributed by atoms with Gasteiger partial charge in [-0.2, -0.15) is 0 Å². The lowest BCUT2D eigenvalue weighted by Crippen LogP contribution is -2.51. The van der Waals surface area contributed by atoms with Gasteiger partial charge in [-0.05, 0) is 37.0 Å². The van der Waals surface area contributed by atoms with Crippen molar-refractivity contribution in [1.29, 1.82) is 0 Å². The van der Waals surface area contributed by atoms with Crippen LogP contribution < -0.4 is 5.73 Å². The summed E-state index contributed by atoms with van der Waals surface area (Å²) in [7, 11) is 0. The van der Waals surface area contributed by atoms with Crippen LogP contribution in [0.5, 0.6) is 0 Å². The number of rotatable bonds is 2. The van der Waals surface area contributed by atoms with Crippen molar-refractivity contribution < 1.29 is 9.18 Å². The molecule has 2 atom stereocenters. The van der Waals surface area contributed by atoms with Crippen LogP contribution in [0.15, 0.2) is 18.2 Å². The van der Waals surface area contributed by atoms with Crippen molar-refractivity contribution in [2.45, 2.75) is 25.8 Å². The van der Waals surface area contributed by atoms with Gasteiger partial charge in [-0.15, -0.1) is 0 Å². The molecule has 0 aliphatic carbocycles. The molecule has 0 radical (unpaired) electrons. The van der Waals surface area contributed by atoms with Crippen molar-refractivity contribution in [3.8, 4) is 0 Å². The van der Waals surface area contributed by atoms with Crippen LogP contribution in [-0.4, -0.2) is 29.9 Å². The van der Waals surface area contributed by atoms with Gasteiger partial charge in [-0.25, -0.2) is 4.39 Å². The van der Waals surface area contributed by atoms with Gasteiger partial charge < -0.3 is 10.6 Å². The van der Waals surface area contributed by atoms with Gasteiger partial charge in [-0.1, -0.05) is 18.5 Å². The Labute approximate surface area is 117 Å². The second-order valence-corrected chi connectivity index (χ2v) is 5.45. The smallest absolute Gasteiger partial charge is 0.255 e. The van der Waals surface area contributed by atoms with E-state index in [9.17, 15) is 9.18 Å². The average molecular weight is 285 g/mol. The zero-order valence-corrected chi connectivity index (χ0v) is 11.7. The zero-order chi connectivity index (χ0) is 14.0. The van der Waals surface area contributed by atoms with Crippen LogP contribution in [0.4, 0.5) is 4.39 Å². The molecular weight excluding hydrogens is 267 g/mol. The Kier molecular flexibility index (Phi) is 4.42. The molecule has 1 aromatic carbocycles. The number of carbonyl (C=O) groups is 1. The molecule has 104 valence electrons. The number of amides is 1. The van der Waals surface area contributed by atoms with Crippen LogP contribution in [0.2, 0.25) is 5.02 Å². The topological polar surface area (TPSA) is 46.3 Å². The largest absolute Gasteiger partial charge is 0.334 e. The fourth-order valence-corrected chi connectivity index (χ4v) is 2.93. The molecule has 19 heavy (non-hydrogen) atoms. The standard InChI is InChI=1S/C14H18ClFN2O/c1-9-3-2-6-18(13(9)8-17)14(19)11-5-4-10(16)7-12(11)15/h4-5,7,9,13H,2-3,6,8,17H2,1H3/t9-,13-/m0/s1. The zero-order valence-electron chi connectivity index (χ0n) is 10.9. The average Bonchev–Trinajstić information content (AvgIpc) is 2.37. The van der Waals surface area contributed by atoms with Crippen molar-refractivity contribution in [3.63, 3.8) is 0 Å². The van der Waals surface area contributed by atoms with E-state index in [1.54, 1.807) is 4.90 Å². The Bertz CT molecular complexity index is 481. The number of likely N-dealkylation sites (tertiary alicyclic amines) is 1. The normalized spacial score (nSPS) is 23.5. The summed E-state index contributed by atoms with van der Waals surface area (Å²) in [5, 5.41) is 0.152. The first-order chi connectivity index (χ1) is 9.04. The number of halogens is 2. The highest BCUT2D eigenvalue weighted by Gasteiger charge is 2.32. The van der Waals surface area contributed by atoms with Crippen LogP contribution >= 0.6 is 11.6 Å². The fraction of sp³-hybridized carbons (Fsp3) is 0.500. The predicted octanol–water partition coefficient (Wildman–Crippen LogP) is 2.68. The summed E-state index contributed by atoms with van der Waals surface area (Å²) in [5.41, 5.74) is 6.12. The number of hydrogen-bond donors (Lipinski definition) is 1. The van der Waals surface area contributed by atoms with E-state index in [0.717, 1.165) is 12.8 Å². The predicted molar refractivity (Wildman–Crippen MR) is 73.7 cm³/mol. The summed E-state index contributed by atoms with van der Waals surface area (Å²) in [6.07, 6.45) is 2.03. The Balaban J connectivity index is 2.27. The highest BCUT2D eigenvalue weighted by molar-refractivity contribution is 6.33. The molecular formula is C14H18ClFN2O. The molecule has 1 aromatic rings. The van der Waals surface area contributed by atoms with Crippen LogP contribution in [-0.2, 0) is 0 Å². The van der Waals surface area contributed by atoms with Gasteiger partial charge in [0.1, 0.15) is 5.82 Å². The Morgan fingerprint density at radius 3 is 2.95 bits per heavy atom. The lowest BCUT2D eigenvalue weighted by Gasteiger charge is -2.39. The van der Waals surface area contributed by atoms with E-state index in [1.807, 2.05) is 0 Å². The first kappa shape index (κ1) is 14.3. The minimum Gasteiger partial charge on any atom is -0.334 e.